The number of aromatic nitrogens is 1. The molecular formula is C18H22N2O4. The van der Waals surface area contributed by atoms with E-state index in [1.807, 2.05) is 32.0 Å². The fraction of sp³-hybridized carbons (Fsp3) is 0.333. The van der Waals surface area contributed by atoms with Crippen LogP contribution in [-0.2, 0) is 6.42 Å². The minimum atomic E-state index is -0.394. The summed E-state index contributed by atoms with van der Waals surface area (Å²) in [6.45, 7) is 5.38. The van der Waals surface area contributed by atoms with E-state index >= 15 is 0 Å². The Morgan fingerprint density at radius 3 is 2.58 bits per heavy atom. The monoisotopic (exact) mass is 330 g/mol. The van der Waals surface area contributed by atoms with Crippen LogP contribution in [0, 0.1) is 0 Å². The second kappa shape index (κ2) is 8.76. The van der Waals surface area contributed by atoms with Gasteiger partial charge in [-0.05, 0) is 50.1 Å². The summed E-state index contributed by atoms with van der Waals surface area (Å²) in [6, 6.07) is 8.84. The minimum absolute atomic E-state index is 0.110. The van der Waals surface area contributed by atoms with E-state index in [-0.39, 0.29) is 11.5 Å². The highest BCUT2D eigenvalue weighted by Crippen LogP contribution is 2.28. The molecule has 1 aromatic carbocycles. The second-order valence-corrected chi connectivity index (χ2v) is 5.07. The van der Waals surface area contributed by atoms with Crippen molar-refractivity contribution in [3.05, 3.63) is 58.0 Å². The minimum Gasteiger partial charge on any atom is -0.490 e. The highest BCUT2D eigenvalue weighted by atomic mass is 16.5. The number of nitrogens with one attached hydrogen (secondary N) is 2. The molecule has 2 rings (SSSR count). The van der Waals surface area contributed by atoms with Gasteiger partial charge in [0.2, 0.25) is 0 Å². The van der Waals surface area contributed by atoms with Gasteiger partial charge < -0.3 is 19.8 Å². The number of carbonyl (C=O) groups excluding carboxylic acids is 1. The molecular weight excluding hydrogens is 308 g/mol. The van der Waals surface area contributed by atoms with Gasteiger partial charge in [-0.1, -0.05) is 6.07 Å². The fourth-order valence-electron chi connectivity index (χ4n) is 2.27. The SMILES string of the molecule is CCOc1ccc(CCNC(=O)c2ccc[nH]c2=O)cc1OCC. The largest absolute Gasteiger partial charge is 0.490 e. The van der Waals surface area contributed by atoms with E-state index in [2.05, 4.69) is 10.3 Å². The predicted molar refractivity (Wildman–Crippen MR) is 91.9 cm³/mol. The fourth-order valence-corrected chi connectivity index (χ4v) is 2.27. The molecule has 6 nitrogen and oxygen atoms in total. The molecule has 0 aliphatic rings. The summed E-state index contributed by atoms with van der Waals surface area (Å²) in [7, 11) is 0. The van der Waals surface area contributed by atoms with Crippen LogP contribution >= 0.6 is 0 Å². The number of hydrogen-bond acceptors (Lipinski definition) is 4. The molecule has 128 valence electrons. The topological polar surface area (TPSA) is 80.4 Å². The van der Waals surface area contributed by atoms with Crippen molar-refractivity contribution in [2.24, 2.45) is 0 Å². The number of H-pyrrole nitrogens is 1. The van der Waals surface area contributed by atoms with Crippen LogP contribution in [0.15, 0.2) is 41.3 Å². The number of benzene rings is 1. The summed E-state index contributed by atoms with van der Waals surface area (Å²) in [5.41, 5.74) is 0.734. The number of hydrogen-bond donors (Lipinski definition) is 2. The summed E-state index contributed by atoms with van der Waals surface area (Å²) < 4.78 is 11.1. The van der Waals surface area contributed by atoms with Crippen LogP contribution < -0.4 is 20.3 Å². The van der Waals surface area contributed by atoms with Crippen LogP contribution in [0.1, 0.15) is 29.8 Å². The van der Waals surface area contributed by atoms with Crippen LogP contribution in [0.2, 0.25) is 0 Å². The van der Waals surface area contributed by atoms with Crippen molar-refractivity contribution in [3.63, 3.8) is 0 Å². The van der Waals surface area contributed by atoms with Crippen LogP contribution in [0.4, 0.5) is 0 Å². The van der Waals surface area contributed by atoms with Gasteiger partial charge in [-0.3, -0.25) is 9.59 Å². The van der Waals surface area contributed by atoms with Crippen molar-refractivity contribution in [2.75, 3.05) is 19.8 Å². The van der Waals surface area contributed by atoms with E-state index in [9.17, 15) is 9.59 Å². The zero-order chi connectivity index (χ0) is 17.4. The highest BCUT2D eigenvalue weighted by molar-refractivity contribution is 5.93. The summed E-state index contributed by atoms with van der Waals surface area (Å²) >= 11 is 0. The Hall–Kier alpha value is -2.76. The molecule has 0 spiro atoms. The maximum Gasteiger partial charge on any atom is 0.260 e. The smallest absolute Gasteiger partial charge is 0.260 e. The van der Waals surface area contributed by atoms with E-state index in [1.54, 1.807) is 6.07 Å². The number of amides is 1. The molecule has 0 unspecified atom stereocenters. The van der Waals surface area contributed by atoms with E-state index in [0.29, 0.717) is 37.7 Å². The van der Waals surface area contributed by atoms with Gasteiger partial charge in [0.05, 0.1) is 13.2 Å². The Kier molecular flexibility index (Phi) is 6.42. The maximum atomic E-state index is 12.0. The first-order valence-corrected chi connectivity index (χ1v) is 8.00. The molecule has 0 radical (unpaired) electrons. The van der Waals surface area contributed by atoms with E-state index in [0.717, 1.165) is 5.56 Å². The summed E-state index contributed by atoms with van der Waals surface area (Å²) in [5.74, 6) is 1.03. The molecule has 0 saturated heterocycles. The second-order valence-electron chi connectivity index (χ2n) is 5.07. The van der Waals surface area contributed by atoms with Gasteiger partial charge in [0.1, 0.15) is 5.56 Å². The molecule has 2 N–H and O–H groups in total. The molecule has 2 aromatic rings. The molecule has 0 saturated carbocycles. The van der Waals surface area contributed by atoms with Gasteiger partial charge >= 0.3 is 0 Å². The quantitative estimate of drug-likeness (QED) is 0.777. The van der Waals surface area contributed by atoms with Gasteiger partial charge in [0.25, 0.3) is 11.5 Å². The third-order valence-electron chi connectivity index (χ3n) is 3.37. The van der Waals surface area contributed by atoms with Crippen LogP contribution in [0.25, 0.3) is 0 Å². The van der Waals surface area contributed by atoms with E-state index < -0.39 is 5.56 Å². The number of carbonyl (C=O) groups is 1. The summed E-state index contributed by atoms with van der Waals surface area (Å²) in [4.78, 5) is 26.0. The Bertz CT molecular complexity index is 740. The highest BCUT2D eigenvalue weighted by Gasteiger charge is 2.10. The Labute approximate surface area is 140 Å². The Morgan fingerprint density at radius 1 is 1.12 bits per heavy atom. The van der Waals surface area contributed by atoms with E-state index in [4.69, 9.17) is 9.47 Å². The van der Waals surface area contributed by atoms with Gasteiger partial charge in [-0.15, -0.1) is 0 Å². The molecule has 1 heterocycles. The lowest BCUT2D eigenvalue weighted by Gasteiger charge is -2.12. The molecule has 0 aliphatic carbocycles. The Balaban J connectivity index is 1.97. The Morgan fingerprint density at radius 2 is 1.88 bits per heavy atom. The van der Waals surface area contributed by atoms with Gasteiger partial charge in [-0.25, -0.2) is 0 Å². The third kappa shape index (κ3) is 4.62. The average molecular weight is 330 g/mol. The maximum absolute atomic E-state index is 12.0. The van der Waals surface area contributed by atoms with Crippen molar-refractivity contribution in [1.82, 2.24) is 10.3 Å². The van der Waals surface area contributed by atoms with Crippen molar-refractivity contribution < 1.29 is 14.3 Å². The number of aromatic amines is 1. The lowest BCUT2D eigenvalue weighted by Crippen LogP contribution is -2.30. The van der Waals surface area contributed by atoms with Crippen LogP contribution in [0.5, 0.6) is 11.5 Å². The predicted octanol–water partition coefficient (Wildman–Crippen LogP) is 2.14. The molecule has 0 bridgehead atoms. The van der Waals surface area contributed by atoms with Crippen molar-refractivity contribution in [3.8, 4) is 11.5 Å². The number of rotatable bonds is 8. The van der Waals surface area contributed by atoms with Crippen LogP contribution in [0.3, 0.4) is 0 Å². The molecule has 1 aromatic heterocycles. The first kappa shape index (κ1) is 17.6. The zero-order valence-corrected chi connectivity index (χ0v) is 13.9. The van der Waals surface area contributed by atoms with Crippen LogP contribution in [-0.4, -0.2) is 30.6 Å². The summed E-state index contributed by atoms with van der Waals surface area (Å²) in [5, 5.41) is 2.75. The molecule has 0 atom stereocenters. The van der Waals surface area contributed by atoms with Crippen molar-refractivity contribution >= 4 is 5.91 Å². The first-order chi connectivity index (χ1) is 11.7. The zero-order valence-electron chi connectivity index (χ0n) is 13.9. The number of pyridine rings is 1. The van der Waals surface area contributed by atoms with Gasteiger partial charge in [0, 0.05) is 12.7 Å². The molecule has 24 heavy (non-hydrogen) atoms. The van der Waals surface area contributed by atoms with Crippen molar-refractivity contribution in [1.29, 1.82) is 0 Å². The lowest BCUT2D eigenvalue weighted by molar-refractivity contribution is 0.0952. The number of ether oxygens (including phenoxy) is 2. The average Bonchev–Trinajstić information content (AvgIpc) is 2.58. The molecule has 0 fully saturated rings. The van der Waals surface area contributed by atoms with Gasteiger partial charge in [-0.2, -0.15) is 0 Å². The third-order valence-corrected chi connectivity index (χ3v) is 3.37. The lowest BCUT2D eigenvalue weighted by atomic mass is 10.1. The molecule has 1 amide bonds. The molecule has 6 heteroatoms. The standard InChI is InChI=1S/C18H22N2O4/c1-3-23-15-8-7-13(12-16(15)24-4-2)9-11-20-18(22)14-6-5-10-19-17(14)21/h5-8,10,12H,3-4,9,11H2,1-2H3,(H,19,21)(H,20,22). The van der Waals surface area contributed by atoms with Crippen molar-refractivity contribution in [2.45, 2.75) is 20.3 Å². The first-order valence-electron chi connectivity index (χ1n) is 8.00. The van der Waals surface area contributed by atoms with E-state index in [1.165, 1.54) is 12.3 Å². The summed E-state index contributed by atoms with van der Waals surface area (Å²) in [6.07, 6.45) is 2.12. The van der Waals surface area contributed by atoms with Gasteiger partial charge in [0.15, 0.2) is 11.5 Å². The molecule has 0 aliphatic heterocycles. The normalized spacial score (nSPS) is 10.2.